The van der Waals surface area contributed by atoms with Gasteiger partial charge in [0.15, 0.2) is 0 Å². The molecule has 0 aromatic rings. The topological polar surface area (TPSA) is 32.3 Å². The second kappa shape index (κ2) is 2.92. The SMILES string of the molecule is O=C1NCC[C@@]12CCCN(S)C2. The van der Waals surface area contributed by atoms with E-state index in [0.717, 1.165) is 38.9 Å². The molecule has 1 N–H and O–H groups in total. The van der Waals surface area contributed by atoms with E-state index >= 15 is 0 Å². The molecule has 3 nitrogen and oxygen atoms in total. The first-order valence-electron chi connectivity index (χ1n) is 4.45. The van der Waals surface area contributed by atoms with Gasteiger partial charge in [0.2, 0.25) is 5.91 Å². The molecule has 2 fully saturated rings. The zero-order valence-corrected chi connectivity index (χ0v) is 7.94. The van der Waals surface area contributed by atoms with Crippen LogP contribution in [-0.4, -0.2) is 29.8 Å². The second-order valence-electron chi connectivity index (χ2n) is 3.78. The Morgan fingerprint density at radius 2 is 2.33 bits per heavy atom. The highest BCUT2D eigenvalue weighted by molar-refractivity contribution is 7.77. The van der Waals surface area contributed by atoms with Crippen molar-refractivity contribution in [2.45, 2.75) is 19.3 Å². The summed E-state index contributed by atoms with van der Waals surface area (Å²) in [6.07, 6.45) is 3.12. The molecule has 0 unspecified atom stereocenters. The Balaban J connectivity index is 2.13. The van der Waals surface area contributed by atoms with Gasteiger partial charge in [-0.1, -0.05) is 12.8 Å². The van der Waals surface area contributed by atoms with E-state index in [1.165, 1.54) is 0 Å². The molecule has 0 aromatic heterocycles. The third kappa shape index (κ3) is 1.23. The van der Waals surface area contributed by atoms with E-state index in [1.807, 2.05) is 4.31 Å². The van der Waals surface area contributed by atoms with Gasteiger partial charge in [-0.15, -0.1) is 0 Å². The Kier molecular flexibility index (Phi) is 2.04. The lowest BCUT2D eigenvalue weighted by Gasteiger charge is -2.35. The Bertz CT molecular complexity index is 209. The lowest BCUT2D eigenvalue weighted by atomic mass is 9.79. The molecule has 2 rings (SSSR count). The van der Waals surface area contributed by atoms with Crippen LogP contribution in [0.1, 0.15) is 19.3 Å². The molecule has 2 heterocycles. The van der Waals surface area contributed by atoms with Crippen molar-refractivity contribution in [2.24, 2.45) is 5.41 Å². The van der Waals surface area contributed by atoms with Crippen molar-refractivity contribution in [2.75, 3.05) is 19.6 Å². The van der Waals surface area contributed by atoms with Crippen molar-refractivity contribution >= 4 is 18.7 Å². The fraction of sp³-hybridized carbons (Fsp3) is 0.875. The Morgan fingerprint density at radius 3 is 2.92 bits per heavy atom. The minimum absolute atomic E-state index is 0.0972. The first-order valence-corrected chi connectivity index (χ1v) is 4.85. The number of carbonyl (C=O) groups is 1. The molecule has 12 heavy (non-hydrogen) atoms. The summed E-state index contributed by atoms with van der Waals surface area (Å²) < 4.78 is 1.97. The van der Waals surface area contributed by atoms with Crippen molar-refractivity contribution in [1.82, 2.24) is 9.62 Å². The fourth-order valence-electron chi connectivity index (χ4n) is 2.21. The number of carbonyl (C=O) groups excluding carboxylic acids is 1. The molecular formula is C8H14N2OS. The first-order chi connectivity index (χ1) is 5.73. The molecule has 1 spiro atoms. The van der Waals surface area contributed by atoms with Crippen molar-refractivity contribution in [3.63, 3.8) is 0 Å². The van der Waals surface area contributed by atoms with Gasteiger partial charge in [-0.2, -0.15) is 0 Å². The number of nitrogens with zero attached hydrogens (tertiary/aromatic N) is 1. The van der Waals surface area contributed by atoms with Gasteiger partial charge in [0.1, 0.15) is 0 Å². The third-order valence-corrected chi connectivity index (χ3v) is 3.27. The summed E-state index contributed by atoms with van der Waals surface area (Å²) in [5, 5.41) is 2.90. The zero-order valence-electron chi connectivity index (χ0n) is 7.05. The summed E-state index contributed by atoms with van der Waals surface area (Å²) in [7, 11) is 0. The summed E-state index contributed by atoms with van der Waals surface area (Å²) in [6.45, 7) is 2.68. The molecule has 2 aliphatic heterocycles. The molecule has 4 heteroatoms. The molecule has 2 saturated heterocycles. The number of amides is 1. The third-order valence-electron chi connectivity index (χ3n) is 2.93. The van der Waals surface area contributed by atoms with Gasteiger partial charge < -0.3 is 5.32 Å². The van der Waals surface area contributed by atoms with Crippen LogP contribution in [0, 0.1) is 5.41 Å². The first kappa shape index (κ1) is 8.38. The lowest BCUT2D eigenvalue weighted by Crippen LogP contribution is -2.43. The number of hydrogen-bond donors (Lipinski definition) is 2. The van der Waals surface area contributed by atoms with Gasteiger partial charge in [-0.05, 0) is 19.3 Å². The average Bonchev–Trinajstić information content (AvgIpc) is 2.33. The van der Waals surface area contributed by atoms with Gasteiger partial charge in [-0.25, -0.2) is 0 Å². The predicted octanol–water partition coefficient (Wildman–Crippen LogP) is 0.433. The highest BCUT2D eigenvalue weighted by atomic mass is 32.1. The predicted molar refractivity (Wildman–Crippen MR) is 49.9 cm³/mol. The molecule has 1 amide bonds. The fourth-order valence-corrected chi connectivity index (χ4v) is 2.63. The number of hydrogen-bond acceptors (Lipinski definition) is 3. The van der Waals surface area contributed by atoms with Crippen molar-refractivity contribution < 1.29 is 4.79 Å². The number of thiol groups is 1. The van der Waals surface area contributed by atoms with E-state index in [2.05, 4.69) is 18.1 Å². The Labute approximate surface area is 78.0 Å². The summed E-state index contributed by atoms with van der Waals surface area (Å²) >= 11 is 4.30. The highest BCUT2D eigenvalue weighted by Crippen LogP contribution is 2.36. The maximum absolute atomic E-state index is 11.5. The molecule has 1 atom stereocenters. The van der Waals surface area contributed by atoms with Crippen LogP contribution in [0.3, 0.4) is 0 Å². The largest absolute Gasteiger partial charge is 0.356 e. The second-order valence-corrected chi connectivity index (χ2v) is 4.34. The lowest BCUT2D eigenvalue weighted by molar-refractivity contribution is -0.129. The Morgan fingerprint density at radius 1 is 1.50 bits per heavy atom. The summed E-state index contributed by atoms with van der Waals surface area (Å²) in [5.41, 5.74) is -0.0972. The van der Waals surface area contributed by atoms with Crippen molar-refractivity contribution in [3.8, 4) is 0 Å². The number of rotatable bonds is 0. The quantitative estimate of drug-likeness (QED) is 0.538. The van der Waals surface area contributed by atoms with Gasteiger partial charge >= 0.3 is 0 Å². The smallest absolute Gasteiger partial charge is 0.227 e. The standard InChI is InChI=1S/C8H14N2OS/c11-7-8(3-4-9-7)2-1-5-10(12)6-8/h12H,1-6H2,(H,9,11)/t8-/m1/s1. The highest BCUT2D eigenvalue weighted by Gasteiger charge is 2.44. The van der Waals surface area contributed by atoms with Gasteiger partial charge in [0.05, 0.1) is 5.41 Å². The van der Waals surface area contributed by atoms with Gasteiger partial charge in [0, 0.05) is 19.6 Å². The van der Waals surface area contributed by atoms with Crippen molar-refractivity contribution in [1.29, 1.82) is 0 Å². The van der Waals surface area contributed by atoms with E-state index in [1.54, 1.807) is 0 Å². The van der Waals surface area contributed by atoms with Crippen molar-refractivity contribution in [3.05, 3.63) is 0 Å². The molecule has 0 saturated carbocycles. The van der Waals surface area contributed by atoms with Gasteiger partial charge in [0.25, 0.3) is 0 Å². The molecule has 0 aromatic carbocycles. The van der Waals surface area contributed by atoms with Crippen LogP contribution in [0.2, 0.25) is 0 Å². The minimum Gasteiger partial charge on any atom is -0.356 e. The van der Waals surface area contributed by atoms with Crippen LogP contribution in [0.4, 0.5) is 0 Å². The molecular weight excluding hydrogens is 172 g/mol. The Hall–Kier alpha value is -0.220. The van der Waals surface area contributed by atoms with E-state index in [-0.39, 0.29) is 11.3 Å². The van der Waals surface area contributed by atoms with E-state index < -0.39 is 0 Å². The summed E-state index contributed by atoms with van der Waals surface area (Å²) in [4.78, 5) is 11.5. The van der Waals surface area contributed by atoms with Crippen LogP contribution < -0.4 is 5.32 Å². The number of nitrogens with one attached hydrogen (secondary N) is 1. The number of piperidine rings is 1. The normalized spacial score (nSPS) is 37.2. The summed E-state index contributed by atoms with van der Waals surface area (Å²) in [6, 6.07) is 0. The maximum Gasteiger partial charge on any atom is 0.227 e. The zero-order chi connectivity index (χ0) is 8.60. The maximum atomic E-state index is 11.5. The van der Waals surface area contributed by atoms with E-state index in [9.17, 15) is 4.79 Å². The molecule has 0 aliphatic carbocycles. The van der Waals surface area contributed by atoms with Crippen LogP contribution in [-0.2, 0) is 4.79 Å². The van der Waals surface area contributed by atoms with Crippen LogP contribution in [0.5, 0.6) is 0 Å². The summed E-state index contributed by atoms with van der Waals surface area (Å²) in [5.74, 6) is 0.237. The van der Waals surface area contributed by atoms with Gasteiger partial charge in [-0.3, -0.25) is 9.10 Å². The molecule has 2 aliphatic rings. The van der Waals surface area contributed by atoms with E-state index in [4.69, 9.17) is 0 Å². The van der Waals surface area contributed by atoms with Crippen LogP contribution in [0.25, 0.3) is 0 Å². The molecule has 0 radical (unpaired) electrons. The van der Waals surface area contributed by atoms with Crippen LogP contribution in [0.15, 0.2) is 0 Å². The average molecular weight is 186 g/mol. The molecule has 68 valence electrons. The van der Waals surface area contributed by atoms with E-state index in [0.29, 0.717) is 0 Å². The monoisotopic (exact) mass is 186 g/mol. The minimum atomic E-state index is -0.0972. The van der Waals surface area contributed by atoms with Crippen LogP contribution >= 0.6 is 12.8 Å². The molecule has 0 bridgehead atoms.